The lowest BCUT2D eigenvalue weighted by Crippen LogP contribution is -2.27. The number of ether oxygens (including phenoxy) is 1. The van der Waals surface area contributed by atoms with E-state index in [-0.39, 0.29) is 11.9 Å². The summed E-state index contributed by atoms with van der Waals surface area (Å²) in [6, 6.07) is 6.82. The summed E-state index contributed by atoms with van der Waals surface area (Å²) in [5.41, 5.74) is 6.62. The molecule has 2 rings (SSSR count). The number of aromatic nitrogens is 3. The number of rotatable bonds is 8. The summed E-state index contributed by atoms with van der Waals surface area (Å²) < 4.78 is 7.09. The first-order valence-corrected chi connectivity index (χ1v) is 8.96. The van der Waals surface area contributed by atoms with Crippen molar-refractivity contribution in [2.75, 3.05) is 23.4 Å². The van der Waals surface area contributed by atoms with Crippen molar-refractivity contribution in [3.8, 4) is 5.75 Å². The Morgan fingerprint density at radius 3 is 2.58 bits per heavy atom. The van der Waals surface area contributed by atoms with E-state index in [2.05, 4.69) is 15.5 Å². The Kier molecular flexibility index (Phi) is 6.48. The lowest BCUT2D eigenvalue weighted by Gasteiger charge is -2.19. The van der Waals surface area contributed by atoms with Crippen molar-refractivity contribution in [1.29, 1.82) is 0 Å². The molecule has 1 amide bonds. The summed E-state index contributed by atoms with van der Waals surface area (Å²) in [4.78, 5) is 12.7. The number of nitrogens with one attached hydrogen (secondary N) is 1. The Balaban J connectivity index is 2.15. The van der Waals surface area contributed by atoms with Crippen molar-refractivity contribution >= 4 is 29.3 Å². The van der Waals surface area contributed by atoms with Crippen LogP contribution in [0.15, 0.2) is 29.4 Å². The molecule has 0 saturated carbocycles. The molecule has 1 aromatic heterocycles. The number of amides is 1. The maximum absolute atomic E-state index is 12.7. The van der Waals surface area contributed by atoms with Crippen LogP contribution < -0.4 is 15.8 Å². The lowest BCUT2D eigenvalue weighted by molar-refractivity contribution is -0.119. The van der Waals surface area contributed by atoms with Gasteiger partial charge in [-0.1, -0.05) is 25.6 Å². The first-order valence-electron chi connectivity index (χ1n) is 7.97. The number of nitrogens with zero attached hydrogens (tertiary/aromatic N) is 3. The second-order valence-electron chi connectivity index (χ2n) is 5.01. The second-order valence-corrected chi connectivity index (χ2v) is 6.25. The van der Waals surface area contributed by atoms with Crippen LogP contribution in [-0.4, -0.2) is 33.0 Å². The molecule has 1 atom stereocenters. The molecule has 0 aliphatic heterocycles. The van der Waals surface area contributed by atoms with Gasteiger partial charge in [0.1, 0.15) is 11.8 Å². The third-order valence-corrected chi connectivity index (χ3v) is 4.22. The third kappa shape index (κ3) is 4.19. The molecule has 2 aromatic rings. The van der Waals surface area contributed by atoms with Gasteiger partial charge in [-0.15, -0.1) is 10.2 Å². The van der Waals surface area contributed by atoms with Gasteiger partial charge in [0.2, 0.25) is 11.9 Å². The van der Waals surface area contributed by atoms with Crippen molar-refractivity contribution in [3.05, 3.63) is 24.3 Å². The number of hydrogen-bond acceptors (Lipinski definition) is 6. The van der Waals surface area contributed by atoms with Crippen LogP contribution in [0.3, 0.4) is 0 Å². The number of hydrogen-bond donors (Lipinski definition) is 2. The molecule has 0 unspecified atom stereocenters. The molecule has 0 saturated heterocycles. The van der Waals surface area contributed by atoms with Crippen LogP contribution >= 0.6 is 11.8 Å². The Hall–Kier alpha value is -2.22. The Labute approximate surface area is 146 Å². The molecule has 0 spiro atoms. The monoisotopic (exact) mass is 349 g/mol. The fourth-order valence-electron chi connectivity index (χ4n) is 2.32. The molecule has 8 heteroatoms. The molecule has 24 heavy (non-hydrogen) atoms. The topological polar surface area (TPSA) is 95.1 Å². The molecule has 0 aliphatic carbocycles. The summed E-state index contributed by atoms with van der Waals surface area (Å²) in [6.07, 6.45) is 0.586. The normalized spacial score (nSPS) is 12.0. The van der Waals surface area contributed by atoms with E-state index in [1.807, 2.05) is 45.0 Å². The van der Waals surface area contributed by atoms with Crippen LogP contribution in [0, 0.1) is 0 Å². The van der Waals surface area contributed by atoms with Gasteiger partial charge in [-0.3, -0.25) is 9.36 Å². The zero-order valence-electron chi connectivity index (χ0n) is 14.2. The molecule has 0 aliphatic rings. The van der Waals surface area contributed by atoms with Gasteiger partial charge in [-0.25, -0.2) is 0 Å². The molecule has 1 aromatic carbocycles. The number of anilines is 2. The van der Waals surface area contributed by atoms with Crippen molar-refractivity contribution in [2.24, 2.45) is 0 Å². The number of carbonyl (C=O) groups is 1. The van der Waals surface area contributed by atoms with Crippen molar-refractivity contribution in [3.63, 3.8) is 0 Å². The predicted molar refractivity (Wildman–Crippen MR) is 96.4 cm³/mol. The Morgan fingerprint density at radius 1 is 1.29 bits per heavy atom. The smallest absolute Gasteiger partial charge is 0.247 e. The first kappa shape index (κ1) is 18.1. The first-order chi connectivity index (χ1) is 11.6. The van der Waals surface area contributed by atoms with Crippen LogP contribution in [0.5, 0.6) is 5.75 Å². The van der Waals surface area contributed by atoms with Crippen LogP contribution in [0.1, 0.15) is 33.2 Å². The van der Waals surface area contributed by atoms with Crippen molar-refractivity contribution in [2.45, 2.75) is 38.4 Å². The van der Waals surface area contributed by atoms with E-state index < -0.39 is 6.04 Å². The number of nitrogens with two attached hydrogens (primary N) is 1. The molecule has 7 nitrogen and oxygen atoms in total. The van der Waals surface area contributed by atoms with E-state index in [0.717, 1.165) is 11.5 Å². The van der Waals surface area contributed by atoms with E-state index in [0.29, 0.717) is 23.9 Å². The zero-order chi connectivity index (χ0) is 17.5. The van der Waals surface area contributed by atoms with E-state index >= 15 is 0 Å². The van der Waals surface area contributed by atoms with Crippen molar-refractivity contribution < 1.29 is 9.53 Å². The van der Waals surface area contributed by atoms with Crippen LogP contribution in [0.4, 0.5) is 11.6 Å². The molecule has 0 bridgehead atoms. The average molecular weight is 349 g/mol. The summed E-state index contributed by atoms with van der Waals surface area (Å²) in [6.45, 7) is 6.48. The molecule has 0 radical (unpaired) electrons. The van der Waals surface area contributed by atoms with Gasteiger partial charge in [-0.2, -0.15) is 0 Å². The minimum atomic E-state index is -0.458. The predicted octanol–water partition coefficient (Wildman–Crippen LogP) is 2.96. The lowest BCUT2D eigenvalue weighted by atomic mass is 10.2. The highest BCUT2D eigenvalue weighted by Crippen LogP contribution is 2.26. The second kappa shape index (κ2) is 8.58. The fourth-order valence-corrected chi connectivity index (χ4v) is 3.04. The highest BCUT2D eigenvalue weighted by molar-refractivity contribution is 7.99. The van der Waals surface area contributed by atoms with Gasteiger partial charge < -0.3 is 15.8 Å². The highest BCUT2D eigenvalue weighted by Gasteiger charge is 2.24. The summed E-state index contributed by atoms with van der Waals surface area (Å²) in [7, 11) is 0. The number of benzene rings is 1. The quantitative estimate of drug-likeness (QED) is 0.712. The Bertz CT molecular complexity index is 672. The van der Waals surface area contributed by atoms with E-state index in [4.69, 9.17) is 10.5 Å². The third-order valence-electron chi connectivity index (χ3n) is 3.40. The standard InChI is InChI=1S/C16H23N5O2S/c1-4-13(21-15(17)19-20-16(21)24-6-3)14(22)18-11-7-9-12(10-8-11)23-5-2/h7-10,13H,4-6H2,1-3H3,(H2,17,19)(H,18,22)/t13-/m1/s1. The summed E-state index contributed by atoms with van der Waals surface area (Å²) >= 11 is 1.51. The number of nitrogen functional groups attached to an aromatic ring is 1. The van der Waals surface area contributed by atoms with Gasteiger partial charge in [0.05, 0.1) is 6.61 Å². The maximum Gasteiger partial charge on any atom is 0.247 e. The van der Waals surface area contributed by atoms with Crippen LogP contribution in [-0.2, 0) is 4.79 Å². The summed E-state index contributed by atoms with van der Waals surface area (Å²) in [5.74, 6) is 1.70. The maximum atomic E-state index is 12.7. The SMILES string of the molecule is CCOc1ccc(NC(=O)[C@@H](CC)n2c(N)nnc2SCC)cc1. The van der Waals surface area contributed by atoms with Gasteiger partial charge in [-0.05, 0) is 43.4 Å². The largest absolute Gasteiger partial charge is 0.494 e. The molecule has 0 fully saturated rings. The fraction of sp³-hybridized carbons (Fsp3) is 0.438. The number of carbonyl (C=O) groups excluding carboxylic acids is 1. The van der Waals surface area contributed by atoms with Gasteiger partial charge in [0.25, 0.3) is 0 Å². The zero-order valence-corrected chi connectivity index (χ0v) is 15.0. The number of thioether (sulfide) groups is 1. The van der Waals surface area contributed by atoms with Crippen LogP contribution in [0.25, 0.3) is 0 Å². The summed E-state index contributed by atoms with van der Waals surface area (Å²) in [5, 5.41) is 11.5. The van der Waals surface area contributed by atoms with E-state index in [1.165, 1.54) is 11.8 Å². The molecular weight excluding hydrogens is 326 g/mol. The minimum absolute atomic E-state index is 0.147. The minimum Gasteiger partial charge on any atom is -0.494 e. The van der Waals surface area contributed by atoms with Gasteiger partial charge in [0, 0.05) is 5.69 Å². The van der Waals surface area contributed by atoms with E-state index in [9.17, 15) is 4.79 Å². The van der Waals surface area contributed by atoms with Gasteiger partial charge in [0.15, 0.2) is 5.16 Å². The van der Waals surface area contributed by atoms with Crippen molar-refractivity contribution in [1.82, 2.24) is 14.8 Å². The Morgan fingerprint density at radius 2 is 2.00 bits per heavy atom. The van der Waals surface area contributed by atoms with Gasteiger partial charge >= 0.3 is 0 Å². The van der Waals surface area contributed by atoms with E-state index in [1.54, 1.807) is 4.57 Å². The van der Waals surface area contributed by atoms with Crippen LogP contribution in [0.2, 0.25) is 0 Å². The molecule has 130 valence electrons. The average Bonchev–Trinajstić information content (AvgIpc) is 2.92. The molecule has 3 N–H and O–H groups in total. The molecular formula is C16H23N5O2S. The highest BCUT2D eigenvalue weighted by atomic mass is 32.2. The molecule has 1 heterocycles.